The van der Waals surface area contributed by atoms with Crippen LogP contribution in [0, 0.1) is 12.3 Å². The van der Waals surface area contributed by atoms with Crippen molar-refractivity contribution in [2.24, 2.45) is 5.41 Å². The van der Waals surface area contributed by atoms with Crippen molar-refractivity contribution in [3.05, 3.63) is 35.1 Å². The van der Waals surface area contributed by atoms with Gasteiger partial charge in [0.05, 0.1) is 40.0 Å². The summed E-state index contributed by atoms with van der Waals surface area (Å²) in [5.41, 5.74) is 4.12. The number of hydrogen-bond donors (Lipinski definition) is 2. The molecule has 1 saturated heterocycles. The van der Waals surface area contributed by atoms with Crippen molar-refractivity contribution in [2.45, 2.75) is 105 Å². The molecular formula is C28H43N5O3S. The Kier molecular flexibility index (Phi) is 9.14. The first-order valence-corrected chi connectivity index (χ1v) is 14.0. The molecule has 3 rings (SSSR count). The van der Waals surface area contributed by atoms with Crippen LogP contribution in [0.3, 0.4) is 0 Å². The van der Waals surface area contributed by atoms with E-state index in [9.17, 15) is 14.7 Å². The van der Waals surface area contributed by atoms with Gasteiger partial charge in [0.1, 0.15) is 6.04 Å². The number of nitrogens with zero attached hydrogens (tertiary/aromatic N) is 4. The van der Waals surface area contributed by atoms with E-state index >= 15 is 0 Å². The topological polar surface area (TPSA) is 98.7 Å². The van der Waals surface area contributed by atoms with E-state index in [1.807, 2.05) is 26.0 Å². The van der Waals surface area contributed by atoms with E-state index in [4.69, 9.17) is 0 Å². The molecule has 37 heavy (non-hydrogen) atoms. The van der Waals surface area contributed by atoms with Gasteiger partial charge in [-0.3, -0.25) is 19.5 Å². The van der Waals surface area contributed by atoms with Crippen LogP contribution < -0.4 is 5.32 Å². The van der Waals surface area contributed by atoms with Crippen LogP contribution in [-0.2, 0) is 9.59 Å². The molecule has 1 aliphatic rings. The van der Waals surface area contributed by atoms with E-state index in [-0.39, 0.29) is 48.3 Å². The second-order valence-corrected chi connectivity index (χ2v) is 12.6. The van der Waals surface area contributed by atoms with Crippen molar-refractivity contribution in [1.82, 2.24) is 25.1 Å². The average molecular weight is 530 g/mol. The Balaban J connectivity index is 1.78. The van der Waals surface area contributed by atoms with Crippen LogP contribution in [-0.4, -0.2) is 73.5 Å². The summed E-state index contributed by atoms with van der Waals surface area (Å²) in [6, 6.07) is 2.76. The normalized spacial score (nSPS) is 20.1. The zero-order chi connectivity index (χ0) is 27.7. The third-order valence-corrected chi connectivity index (χ3v) is 7.98. The number of nitrogens with one attached hydrogen (secondary N) is 1. The van der Waals surface area contributed by atoms with E-state index in [0.717, 1.165) is 21.8 Å². The average Bonchev–Trinajstić information content (AvgIpc) is 3.41. The van der Waals surface area contributed by atoms with Crippen molar-refractivity contribution in [1.29, 1.82) is 0 Å². The van der Waals surface area contributed by atoms with Gasteiger partial charge in [0.15, 0.2) is 0 Å². The molecular weight excluding hydrogens is 486 g/mol. The lowest BCUT2D eigenvalue weighted by Gasteiger charge is -2.45. The van der Waals surface area contributed by atoms with E-state index < -0.39 is 18.2 Å². The first-order chi connectivity index (χ1) is 17.2. The van der Waals surface area contributed by atoms with Gasteiger partial charge in [-0.05, 0) is 58.6 Å². The molecule has 0 spiro atoms. The fourth-order valence-corrected chi connectivity index (χ4v) is 6.12. The minimum atomic E-state index is -0.731. The number of amides is 2. The van der Waals surface area contributed by atoms with Gasteiger partial charge in [-0.1, -0.05) is 26.8 Å². The molecule has 0 bridgehead atoms. The molecule has 2 amide bonds. The Labute approximate surface area is 225 Å². The predicted molar refractivity (Wildman–Crippen MR) is 148 cm³/mol. The SMILES string of the molecule is Cc1ncsc1-c1ccc([C@H](C)NC(=O)[C@@H]2C[C@@H](O)CN2C(=O)[C@@H](N(C(C)C)C(C)C)C(C)(C)C)cn1. The number of carbonyl (C=O) groups is 2. The molecule has 1 aliphatic heterocycles. The molecule has 1 fully saturated rings. The molecule has 0 saturated carbocycles. The molecule has 2 N–H and O–H groups in total. The predicted octanol–water partition coefficient (Wildman–Crippen LogP) is 4.19. The minimum absolute atomic E-state index is 0.106. The number of aryl methyl sites for hydroxylation is 1. The van der Waals surface area contributed by atoms with Crippen LogP contribution in [0.2, 0.25) is 0 Å². The quantitative estimate of drug-likeness (QED) is 0.532. The Bertz CT molecular complexity index is 1070. The van der Waals surface area contributed by atoms with Gasteiger partial charge >= 0.3 is 0 Å². The fraction of sp³-hybridized carbons (Fsp3) is 0.643. The molecule has 9 heteroatoms. The maximum Gasteiger partial charge on any atom is 0.243 e. The molecule has 0 unspecified atom stereocenters. The van der Waals surface area contributed by atoms with Gasteiger partial charge in [0.25, 0.3) is 0 Å². The first-order valence-electron chi connectivity index (χ1n) is 13.1. The van der Waals surface area contributed by atoms with E-state index in [0.29, 0.717) is 0 Å². The second-order valence-electron chi connectivity index (χ2n) is 11.8. The van der Waals surface area contributed by atoms with Gasteiger partial charge in [-0.2, -0.15) is 0 Å². The summed E-state index contributed by atoms with van der Waals surface area (Å²) in [6.45, 7) is 18.5. The largest absolute Gasteiger partial charge is 0.391 e. The van der Waals surface area contributed by atoms with Crippen LogP contribution in [0.1, 0.15) is 79.1 Å². The lowest BCUT2D eigenvalue weighted by molar-refractivity contribution is -0.148. The molecule has 0 aliphatic carbocycles. The molecule has 3 heterocycles. The smallest absolute Gasteiger partial charge is 0.243 e. The van der Waals surface area contributed by atoms with Crippen molar-refractivity contribution in [3.8, 4) is 10.6 Å². The Hall–Kier alpha value is -2.36. The van der Waals surface area contributed by atoms with Gasteiger partial charge in [0, 0.05) is 31.2 Å². The van der Waals surface area contributed by atoms with Crippen LogP contribution in [0.15, 0.2) is 23.8 Å². The van der Waals surface area contributed by atoms with Gasteiger partial charge in [-0.15, -0.1) is 11.3 Å². The summed E-state index contributed by atoms with van der Waals surface area (Å²) in [6.07, 6.45) is 1.27. The van der Waals surface area contributed by atoms with Crippen molar-refractivity contribution in [3.63, 3.8) is 0 Å². The number of aromatic nitrogens is 2. The van der Waals surface area contributed by atoms with Crippen LogP contribution in [0.5, 0.6) is 0 Å². The van der Waals surface area contributed by atoms with E-state index in [1.54, 1.807) is 27.9 Å². The number of aliphatic hydroxyl groups excluding tert-OH is 1. The molecule has 2 aromatic heterocycles. The molecule has 204 valence electrons. The standard InChI is InChI=1S/C28H43N5O3S/c1-16(2)33(17(3)4)25(28(7,8)9)27(36)32-14-21(34)12-23(32)26(35)31-18(5)20-10-11-22(29-13-20)24-19(6)30-15-37-24/h10-11,13,15-18,21,23,25,34H,12,14H2,1-9H3,(H,31,35)/t18-,21+,23-,25+/m0/s1. The minimum Gasteiger partial charge on any atom is -0.391 e. The summed E-state index contributed by atoms with van der Waals surface area (Å²) >= 11 is 1.55. The fourth-order valence-electron chi connectivity index (χ4n) is 5.34. The van der Waals surface area contributed by atoms with Crippen molar-refractivity contribution < 1.29 is 14.7 Å². The third kappa shape index (κ3) is 6.56. The highest BCUT2D eigenvalue weighted by atomic mass is 32.1. The summed E-state index contributed by atoms with van der Waals surface area (Å²) in [5.74, 6) is -0.363. The zero-order valence-corrected chi connectivity index (χ0v) is 24.5. The lowest BCUT2D eigenvalue weighted by Crippen LogP contribution is -2.60. The number of thiazole rings is 1. The third-order valence-electron chi connectivity index (χ3n) is 7.03. The Morgan fingerprint density at radius 3 is 2.27 bits per heavy atom. The lowest BCUT2D eigenvalue weighted by atomic mass is 9.83. The maximum atomic E-state index is 14.0. The monoisotopic (exact) mass is 529 g/mol. The second kappa shape index (κ2) is 11.6. The molecule has 2 aromatic rings. The number of hydrogen-bond acceptors (Lipinski definition) is 7. The number of pyridine rings is 1. The highest BCUT2D eigenvalue weighted by molar-refractivity contribution is 7.13. The van der Waals surface area contributed by atoms with Crippen molar-refractivity contribution >= 4 is 23.2 Å². The Morgan fingerprint density at radius 1 is 1.14 bits per heavy atom. The van der Waals surface area contributed by atoms with Crippen molar-refractivity contribution in [2.75, 3.05) is 6.54 Å². The number of aliphatic hydroxyl groups is 1. The van der Waals surface area contributed by atoms with Gasteiger partial charge < -0.3 is 15.3 Å². The molecule has 0 aromatic carbocycles. The Morgan fingerprint density at radius 2 is 1.78 bits per heavy atom. The van der Waals surface area contributed by atoms with Crippen LogP contribution in [0.25, 0.3) is 10.6 Å². The van der Waals surface area contributed by atoms with Crippen LogP contribution in [0.4, 0.5) is 0 Å². The van der Waals surface area contributed by atoms with Gasteiger partial charge in [-0.25, -0.2) is 4.98 Å². The van der Waals surface area contributed by atoms with E-state index in [1.165, 1.54) is 0 Å². The number of likely N-dealkylation sites (tertiary alicyclic amines) is 1. The van der Waals surface area contributed by atoms with Crippen LogP contribution >= 0.6 is 11.3 Å². The first kappa shape index (κ1) is 29.2. The zero-order valence-electron chi connectivity index (χ0n) is 23.6. The van der Waals surface area contributed by atoms with E-state index in [2.05, 4.69) is 68.7 Å². The summed E-state index contributed by atoms with van der Waals surface area (Å²) in [4.78, 5) is 41.1. The highest BCUT2D eigenvalue weighted by Crippen LogP contribution is 2.32. The molecule has 0 radical (unpaired) electrons. The summed E-state index contributed by atoms with van der Waals surface area (Å²) in [5, 5.41) is 13.6. The number of carbonyl (C=O) groups excluding carboxylic acids is 2. The number of rotatable bonds is 8. The summed E-state index contributed by atoms with van der Waals surface area (Å²) < 4.78 is 0. The number of β-amino-alcohol motifs (C(OH)–C–C–N with tert-alkyl or cyclic N) is 1. The highest BCUT2D eigenvalue weighted by Gasteiger charge is 2.47. The van der Waals surface area contributed by atoms with Gasteiger partial charge in [0.2, 0.25) is 11.8 Å². The molecule has 4 atom stereocenters. The summed E-state index contributed by atoms with van der Waals surface area (Å²) in [7, 11) is 0. The maximum absolute atomic E-state index is 14.0. The molecule has 8 nitrogen and oxygen atoms in total.